The van der Waals surface area contributed by atoms with Crippen LogP contribution in [0.5, 0.6) is 0 Å². The van der Waals surface area contributed by atoms with Crippen LogP contribution in [0.15, 0.2) is 85.3 Å². The third-order valence-electron chi connectivity index (χ3n) is 4.14. The molecule has 3 aromatic heterocycles. The number of hydrogen-bond acceptors (Lipinski definition) is 3. The molecule has 0 saturated heterocycles. The predicted molar refractivity (Wildman–Crippen MR) is 101 cm³/mol. The van der Waals surface area contributed by atoms with Crippen LogP contribution in [0.25, 0.3) is 33.8 Å². The first-order valence-corrected chi connectivity index (χ1v) is 8.22. The van der Waals surface area contributed by atoms with Gasteiger partial charge in [0.15, 0.2) is 0 Å². The van der Waals surface area contributed by atoms with Crippen molar-refractivity contribution in [3.8, 4) is 33.8 Å². The van der Waals surface area contributed by atoms with Crippen molar-refractivity contribution in [3.63, 3.8) is 0 Å². The molecule has 25 heavy (non-hydrogen) atoms. The molecule has 4 rings (SSSR count). The van der Waals surface area contributed by atoms with Crippen molar-refractivity contribution in [2.75, 3.05) is 0 Å². The molecule has 0 amide bonds. The lowest BCUT2D eigenvalue weighted by atomic mass is 9.97. The van der Waals surface area contributed by atoms with E-state index in [4.69, 9.17) is 0 Å². The first kappa shape index (κ1) is 15.2. The Morgan fingerprint density at radius 1 is 0.560 bits per heavy atom. The quantitative estimate of drug-likeness (QED) is 0.521. The highest BCUT2D eigenvalue weighted by Crippen LogP contribution is 2.34. The van der Waals surface area contributed by atoms with E-state index in [1.165, 1.54) is 5.56 Å². The molecule has 0 spiro atoms. The summed E-state index contributed by atoms with van der Waals surface area (Å²) in [6.07, 6.45) is 5.40. The van der Waals surface area contributed by atoms with E-state index < -0.39 is 0 Å². The van der Waals surface area contributed by atoms with Gasteiger partial charge in [0, 0.05) is 29.7 Å². The van der Waals surface area contributed by atoms with E-state index >= 15 is 0 Å². The van der Waals surface area contributed by atoms with Crippen LogP contribution < -0.4 is 0 Å². The molecular weight excluding hydrogens is 306 g/mol. The SMILES string of the molecule is Cc1ccc(-c2cccnc2-c2cccnc2-c2ccccn2)cc1. The van der Waals surface area contributed by atoms with Gasteiger partial charge in [0.1, 0.15) is 0 Å². The fraction of sp³-hybridized carbons (Fsp3) is 0.0455. The van der Waals surface area contributed by atoms with Gasteiger partial charge in [0.25, 0.3) is 0 Å². The summed E-state index contributed by atoms with van der Waals surface area (Å²) in [6.45, 7) is 2.09. The largest absolute Gasteiger partial charge is 0.256 e. The maximum atomic E-state index is 4.67. The summed E-state index contributed by atoms with van der Waals surface area (Å²) >= 11 is 0. The molecule has 0 aliphatic carbocycles. The molecule has 0 fully saturated rings. The second-order valence-corrected chi connectivity index (χ2v) is 5.88. The lowest BCUT2D eigenvalue weighted by molar-refractivity contribution is 1.23. The predicted octanol–water partition coefficient (Wildman–Crippen LogP) is 5.18. The summed E-state index contributed by atoms with van der Waals surface area (Å²) in [5.74, 6) is 0. The van der Waals surface area contributed by atoms with Gasteiger partial charge in [-0.15, -0.1) is 0 Å². The van der Waals surface area contributed by atoms with Crippen molar-refractivity contribution in [1.82, 2.24) is 15.0 Å². The van der Waals surface area contributed by atoms with Gasteiger partial charge in [-0.25, -0.2) is 0 Å². The molecule has 0 saturated carbocycles. The van der Waals surface area contributed by atoms with Gasteiger partial charge in [0.2, 0.25) is 0 Å². The third-order valence-corrected chi connectivity index (χ3v) is 4.14. The first-order chi connectivity index (χ1) is 12.3. The van der Waals surface area contributed by atoms with Gasteiger partial charge in [0.05, 0.1) is 17.1 Å². The number of pyridine rings is 3. The summed E-state index contributed by atoms with van der Waals surface area (Å²) in [7, 11) is 0. The monoisotopic (exact) mass is 323 g/mol. The summed E-state index contributed by atoms with van der Waals surface area (Å²) in [5, 5.41) is 0. The molecule has 120 valence electrons. The summed E-state index contributed by atoms with van der Waals surface area (Å²) in [5.41, 5.74) is 7.06. The maximum absolute atomic E-state index is 4.67. The zero-order valence-electron chi connectivity index (χ0n) is 13.9. The highest BCUT2D eigenvalue weighted by Gasteiger charge is 2.14. The number of benzene rings is 1. The number of aromatic nitrogens is 3. The van der Waals surface area contributed by atoms with Gasteiger partial charge >= 0.3 is 0 Å². The first-order valence-electron chi connectivity index (χ1n) is 8.22. The van der Waals surface area contributed by atoms with Gasteiger partial charge in [-0.05, 0) is 42.8 Å². The molecule has 0 aliphatic rings. The minimum absolute atomic E-state index is 0.843. The minimum Gasteiger partial charge on any atom is -0.256 e. The summed E-state index contributed by atoms with van der Waals surface area (Å²) in [6, 6.07) is 22.4. The third kappa shape index (κ3) is 3.04. The molecule has 0 N–H and O–H groups in total. The van der Waals surface area contributed by atoms with Crippen LogP contribution in [0.2, 0.25) is 0 Å². The van der Waals surface area contributed by atoms with Gasteiger partial charge in [-0.3, -0.25) is 15.0 Å². The van der Waals surface area contributed by atoms with Crippen LogP contribution in [0.4, 0.5) is 0 Å². The highest BCUT2D eigenvalue weighted by atomic mass is 14.8. The van der Waals surface area contributed by atoms with Crippen molar-refractivity contribution in [2.24, 2.45) is 0 Å². The molecule has 3 heteroatoms. The number of nitrogens with zero attached hydrogens (tertiary/aromatic N) is 3. The zero-order chi connectivity index (χ0) is 17.1. The van der Waals surface area contributed by atoms with E-state index in [0.29, 0.717) is 0 Å². The minimum atomic E-state index is 0.843. The van der Waals surface area contributed by atoms with Gasteiger partial charge in [-0.1, -0.05) is 42.0 Å². The number of hydrogen-bond donors (Lipinski definition) is 0. The molecule has 0 unspecified atom stereocenters. The molecule has 0 radical (unpaired) electrons. The second-order valence-electron chi connectivity index (χ2n) is 5.88. The van der Waals surface area contributed by atoms with Crippen LogP contribution in [-0.4, -0.2) is 15.0 Å². The molecule has 0 bridgehead atoms. The Hall–Kier alpha value is -3.33. The van der Waals surface area contributed by atoms with E-state index in [2.05, 4.69) is 58.3 Å². The van der Waals surface area contributed by atoms with Crippen molar-refractivity contribution in [3.05, 3.63) is 90.9 Å². The summed E-state index contributed by atoms with van der Waals surface area (Å²) < 4.78 is 0. The lowest BCUT2D eigenvalue weighted by Crippen LogP contribution is -1.95. The normalized spacial score (nSPS) is 10.6. The van der Waals surface area contributed by atoms with Crippen LogP contribution >= 0.6 is 0 Å². The fourth-order valence-electron chi connectivity index (χ4n) is 2.89. The molecule has 3 heterocycles. The fourth-order valence-corrected chi connectivity index (χ4v) is 2.89. The standard InChI is InChI=1S/C22H17N3/c1-16-9-11-17(12-10-16)18-6-4-14-24-21(18)19-7-5-15-25-22(19)20-8-2-3-13-23-20/h2-15H,1H3. The topological polar surface area (TPSA) is 38.7 Å². The molecular formula is C22H17N3. The molecule has 1 aromatic carbocycles. The van der Waals surface area contributed by atoms with Gasteiger partial charge < -0.3 is 0 Å². The maximum Gasteiger partial charge on any atom is 0.0980 e. The van der Waals surface area contributed by atoms with E-state index in [9.17, 15) is 0 Å². The van der Waals surface area contributed by atoms with Crippen LogP contribution in [-0.2, 0) is 0 Å². The molecule has 4 aromatic rings. The Kier molecular flexibility index (Phi) is 4.05. The van der Waals surface area contributed by atoms with Gasteiger partial charge in [-0.2, -0.15) is 0 Å². The van der Waals surface area contributed by atoms with Crippen LogP contribution in [0.1, 0.15) is 5.56 Å². The van der Waals surface area contributed by atoms with Crippen LogP contribution in [0.3, 0.4) is 0 Å². The van der Waals surface area contributed by atoms with E-state index in [1.54, 1.807) is 12.4 Å². The van der Waals surface area contributed by atoms with E-state index in [0.717, 1.165) is 33.8 Å². The highest BCUT2D eigenvalue weighted by molar-refractivity contribution is 5.87. The zero-order valence-corrected chi connectivity index (χ0v) is 13.9. The molecule has 3 nitrogen and oxygen atoms in total. The Balaban J connectivity index is 1.91. The molecule has 0 atom stereocenters. The van der Waals surface area contributed by atoms with Crippen molar-refractivity contribution in [2.45, 2.75) is 6.92 Å². The van der Waals surface area contributed by atoms with Crippen molar-refractivity contribution in [1.29, 1.82) is 0 Å². The smallest absolute Gasteiger partial charge is 0.0980 e. The molecule has 0 aliphatic heterocycles. The Morgan fingerprint density at radius 3 is 1.96 bits per heavy atom. The summed E-state index contributed by atoms with van der Waals surface area (Å²) in [4.78, 5) is 13.7. The number of aryl methyl sites for hydroxylation is 1. The van der Waals surface area contributed by atoms with Crippen molar-refractivity contribution < 1.29 is 0 Å². The van der Waals surface area contributed by atoms with E-state index in [-0.39, 0.29) is 0 Å². The van der Waals surface area contributed by atoms with E-state index in [1.807, 2.05) is 36.5 Å². The second kappa shape index (κ2) is 6.65. The lowest BCUT2D eigenvalue weighted by Gasteiger charge is -2.12. The Labute approximate surface area is 147 Å². The van der Waals surface area contributed by atoms with Crippen LogP contribution in [0, 0.1) is 6.92 Å². The average molecular weight is 323 g/mol. The van der Waals surface area contributed by atoms with Crippen molar-refractivity contribution >= 4 is 0 Å². The Bertz CT molecular complexity index is 993. The number of rotatable bonds is 3. The average Bonchev–Trinajstić information content (AvgIpc) is 2.69. The Morgan fingerprint density at radius 2 is 1.24 bits per heavy atom.